The number of allylic oxidation sites excluding steroid dienone is 1. The third-order valence-corrected chi connectivity index (χ3v) is 1.82. The summed E-state index contributed by atoms with van der Waals surface area (Å²) in [6, 6.07) is 0. The fourth-order valence-corrected chi connectivity index (χ4v) is 1.30. The SMILES string of the molecule is C/C(CC(C)C)=C(/CC(=O)O)C(=O)O. The number of aliphatic carboxylic acids is 2. The Bertz CT molecular complexity index is 263. The van der Waals surface area contributed by atoms with Gasteiger partial charge in [0.15, 0.2) is 0 Å². The lowest BCUT2D eigenvalue weighted by Gasteiger charge is -2.08. The Kier molecular flexibility index (Phi) is 4.91. The highest BCUT2D eigenvalue weighted by Crippen LogP contribution is 2.17. The van der Waals surface area contributed by atoms with E-state index in [1.54, 1.807) is 6.92 Å². The molecule has 0 amide bonds. The highest BCUT2D eigenvalue weighted by Gasteiger charge is 2.15. The van der Waals surface area contributed by atoms with Crippen molar-refractivity contribution in [1.82, 2.24) is 0 Å². The van der Waals surface area contributed by atoms with E-state index in [1.807, 2.05) is 13.8 Å². The predicted octanol–water partition coefficient (Wildman–Crippen LogP) is 1.91. The monoisotopic (exact) mass is 200 g/mol. The maximum absolute atomic E-state index is 10.7. The van der Waals surface area contributed by atoms with Crippen molar-refractivity contribution in [1.29, 1.82) is 0 Å². The van der Waals surface area contributed by atoms with Crippen molar-refractivity contribution in [2.24, 2.45) is 5.92 Å². The molecule has 0 aromatic rings. The topological polar surface area (TPSA) is 74.6 Å². The Hall–Kier alpha value is -1.32. The molecule has 2 N–H and O–H groups in total. The van der Waals surface area contributed by atoms with Crippen LogP contribution in [0.4, 0.5) is 0 Å². The first-order valence-corrected chi connectivity index (χ1v) is 4.48. The number of carboxylic acid groups (broad SMARTS) is 2. The van der Waals surface area contributed by atoms with Crippen molar-refractivity contribution in [3.05, 3.63) is 11.1 Å². The molecule has 4 nitrogen and oxygen atoms in total. The van der Waals surface area contributed by atoms with Gasteiger partial charge in [0.05, 0.1) is 6.42 Å². The molecule has 0 saturated carbocycles. The Morgan fingerprint density at radius 3 is 2.00 bits per heavy atom. The summed E-state index contributed by atoms with van der Waals surface area (Å²) in [6.07, 6.45) is 0.211. The van der Waals surface area contributed by atoms with E-state index in [1.165, 1.54) is 0 Å². The molecular formula is C10H16O4. The second-order valence-electron chi connectivity index (χ2n) is 3.73. The lowest BCUT2D eigenvalue weighted by molar-refractivity contribution is -0.139. The minimum Gasteiger partial charge on any atom is -0.481 e. The third kappa shape index (κ3) is 4.64. The number of carboxylic acids is 2. The van der Waals surface area contributed by atoms with Gasteiger partial charge in [-0.25, -0.2) is 4.79 Å². The van der Waals surface area contributed by atoms with Crippen LogP contribution in [0.5, 0.6) is 0 Å². The summed E-state index contributed by atoms with van der Waals surface area (Å²) in [4.78, 5) is 21.1. The molecule has 0 aromatic heterocycles. The molecule has 0 rings (SSSR count). The van der Waals surface area contributed by atoms with Crippen molar-refractivity contribution in [3.8, 4) is 0 Å². The van der Waals surface area contributed by atoms with E-state index >= 15 is 0 Å². The lowest BCUT2D eigenvalue weighted by atomic mass is 9.98. The summed E-state index contributed by atoms with van der Waals surface area (Å²) in [5, 5.41) is 17.3. The molecule has 0 heterocycles. The van der Waals surface area contributed by atoms with Crippen LogP contribution in [0.3, 0.4) is 0 Å². The van der Waals surface area contributed by atoms with Crippen LogP contribution in [0.2, 0.25) is 0 Å². The van der Waals surface area contributed by atoms with E-state index in [-0.39, 0.29) is 5.57 Å². The molecule has 0 unspecified atom stereocenters. The van der Waals surface area contributed by atoms with Gasteiger partial charge in [-0.1, -0.05) is 19.4 Å². The van der Waals surface area contributed by atoms with Crippen molar-refractivity contribution < 1.29 is 19.8 Å². The molecule has 80 valence electrons. The average Bonchev–Trinajstić information content (AvgIpc) is 1.97. The number of hydrogen-bond donors (Lipinski definition) is 2. The van der Waals surface area contributed by atoms with Gasteiger partial charge in [-0.3, -0.25) is 4.79 Å². The van der Waals surface area contributed by atoms with E-state index in [9.17, 15) is 9.59 Å². The molecule has 0 fully saturated rings. The fourth-order valence-electron chi connectivity index (χ4n) is 1.30. The van der Waals surface area contributed by atoms with E-state index < -0.39 is 18.4 Å². The number of rotatable bonds is 5. The average molecular weight is 200 g/mol. The van der Waals surface area contributed by atoms with Crippen molar-refractivity contribution >= 4 is 11.9 Å². The van der Waals surface area contributed by atoms with Crippen LogP contribution in [0, 0.1) is 5.92 Å². The molecule has 0 saturated heterocycles. The van der Waals surface area contributed by atoms with Crippen molar-refractivity contribution in [2.45, 2.75) is 33.6 Å². The van der Waals surface area contributed by atoms with Crippen LogP contribution in [-0.4, -0.2) is 22.2 Å². The minimum atomic E-state index is -1.13. The Morgan fingerprint density at radius 2 is 1.71 bits per heavy atom. The zero-order valence-electron chi connectivity index (χ0n) is 8.70. The first kappa shape index (κ1) is 12.7. The maximum Gasteiger partial charge on any atom is 0.332 e. The maximum atomic E-state index is 10.7. The largest absolute Gasteiger partial charge is 0.481 e. The summed E-state index contributed by atoms with van der Waals surface area (Å²) in [7, 11) is 0. The molecule has 0 bridgehead atoms. The minimum absolute atomic E-state index is 0.00574. The Labute approximate surface area is 83.2 Å². The molecule has 14 heavy (non-hydrogen) atoms. The number of hydrogen-bond acceptors (Lipinski definition) is 2. The fraction of sp³-hybridized carbons (Fsp3) is 0.600. The summed E-state index contributed by atoms with van der Waals surface area (Å²) in [5.74, 6) is -1.91. The molecule has 0 aliphatic heterocycles. The molecule has 0 aliphatic rings. The summed E-state index contributed by atoms with van der Waals surface area (Å²) < 4.78 is 0. The molecular weight excluding hydrogens is 184 g/mol. The highest BCUT2D eigenvalue weighted by molar-refractivity contribution is 5.92. The molecule has 0 radical (unpaired) electrons. The van der Waals surface area contributed by atoms with Crippen LogP contribution in [0.15, 0.2) is 11.1 Å². The van der Waals surface area contributed by atoms with Crippen LogP contribution in [-0.2, 0) is 9.59 Å². The van der Waals surface area contributed by atoms with Gasteiger partial charge >= 0.3 is 11.9 Å². The summed E-state index contributed by atoms with van der Waals surface area (Å²) in [6.45, 7) is 5.60. The van der Waals surface area contributed by atoms with Gasteiger partial charge in [0.1, 0.15) is 0 Å². The molecule has 0 spiro atoms. The molecule has 0 aromatic carbocycles. The second kappa shape index (κ2) is 5.42. The summed E-state index contributed by atoms with van der Waals surface area (Å²) in [5.41, 5.74) is 0.654. The van der Waals surface area contributed by atoms with Crippen LogP contribution < -0.4 is 0 Å². The van der Waals surface area contributed by atoms with Crippen molar-refractivity contribution in [2.75, 3.05) is 0 Å². The van der Waals surface area contributed by atoms with E-state index in [4.69, 9.17) is 10.2 Å². The van der Waals surface area contributed by atoms with Crippen LogP contribution in [0.25, 0.3) is 0 Å². The molecule has 0 atom stereocenters. The highest BCUT2D eigenvalue weighted by atomic mass is 16.4. The van der Waals surface area contributed by atoms with E-state index in [2.05, 4.69) is 0 Å². The van der Waals surface area contributed by atoms with Gasteiger partial charge in [-0.2, -0.15) is 0 Å². The van der Waals surface area contributed by atoms with Gasteiger partial charge in [0.2, 0.25) is 0 Å². The predicted molar refractivity (Wildman–Crippen MR) is 52.0 cm³/mol. The third-order valence-electron chi connectivity index (χ3n) is 1.82. The first-order chi connectivity index (χ1) is 6.34. The van der Waals surface area contributed by atoms with Crippen molar-refractivity contribution in [3.63, 3.8) is 0 Å². The van der Waals surface area contributed by atoms with E-state index in [0.29, 0.717) is 17.9 Å². The van der Waals surface area contributed by atoms with Crippen LogP contribution in [0.1, 0.15) is 33.6 Å². The standard InChI is InChI=1S/C10H16O4/c1-6(2)4-7(3)8(10(13)14)5-9(11)12/h6H,4-5H2,1-3H3,(H,11,12)(H,13,14)/b8-7+. The van der Waals surface area contributed by atoms with Gasteiger partial charge in [0.25, 0.3) is 0 Å². The Balaban J connectivity index is 4.76. The smallest absolute Gasteiger partial charge is 0.332 e. The normalized spacial score (nSPS) is 12.6. The quantitative estimate of drug-likeness (QED) is 0.665. The second-order valence-corrected chi connectivity index (χ2v) is 3.73. The number of carbonyl (C=O) groups is 2. The van der Waals surface area contributed by atoms with Gasteiger partial charge in [-0.15, -0.1) is 0 Å². The van der Waals surface area contributed by atoms with Gasteiger partial charge < -0.3 is 10.2 Å². The van der Waals surface area contributed by atoms with E-state index in [0.717, 1.165) is 0 Å². The van der Waals surface area contributed by atoms with Gasteiger partial charge in [-0.05, 0) is 19.3 Å². The zero-order chi connectivity index (χ0) is 11.3. The summed E-state index contributed by atoms with van der Waals surface area (Å²) >= 11 is 0. The zero-order valence-corrected chi connectivity index (χ0v) is 8.70. The van der Waals surface area contributed by atoms with Gasteiger partial charge in [0, 0.05) is 5.57 Å². The molecule has 0 aliphatic carbocycles. The Morgan fingerprint density at radius 1 is 1.21 bits per heavy atom. The first-order valence-electron chi connectivity index (χ1n) is 4.48. The molecule has 4 heteroatoms. The van der Waals surface area contributed by atoms with Crippen LogP contribution >= 0.6 is 0 Å². The lowest BCUT2D eigenvalue weighted by Crippen LogP contribution is -2.09.